The standard InChI is InChI=1S/C16H19ClN2O5/c1-16(2,3)24-15(23)18-8-13(20)19-11-5-4-10(17)6-9(11)7-12(19)14(21)22/h4-6,12H,7-8H2,1-3H3,(H,18,23)(H,21,22). The van der Waals surface area contributed by atoms with Crippen molar-refractivity contribution < 1.29 is 24.2 Å². The number of amides is 2. The summed E-state index contributed by atoms with van der Waals surface area (Å²) in [5.74, 6) is -1.65. The van der Waals surface area contributed by atoms with Crippen LogP contribution in [0.5, 0.6) is 0 Å². The molecule has 1 atom stereocenters. The zero-order chi connectivity index (χ0) is 18.1. The predicted octanol–water partition coefficient (Wildman–Crippen LogP) is 2.21. The van der Waals surface area contributed by atoms with Gasteiger partial charge in [-0.2, -0.15) is 0 Å². The topological polar surface area (TPSA) is 95.9 Å². The molecule has 1 aliphatic rings. The number of carboxylic acids is 1. The zero-order valence-electron chi connectivity index (χ0n) is 13.6. The number of alkyl carbamates (subject to hydrolysis) is 1. The number of hydrogen-bond donors (Lipinski definition) is 2. The second kappa shape index (κ2) is 6.68. The predicted molar refractivity (Wildman–Crippen MR) is 88.3 cm³/mol. The van der Waals surface area contributed by atoms with E-state index in [9.17, 15) is 19.5 Å². The molecule has 0 aliphatic carbocycles. The first-order valence-electron chi connectivity index (χ1n) is 7.38. The Bertz CT molecular complexity index is 684. The molecule has 0 spiro atoms. The first-order chi connectivity index (χ1) is 11.1. The van der Waals surface area contributed by atoms with Gasteiger partial charge in [0.2, 0.25) is 5.91 Å². The molecule has 24 heavy (non-hydrogen) atoms. The number of aliphatic carboxylic acids is 1. The lowest BCUT2D eigenvalue weighted by atomic mass is 10.1. The van der Waals surface area contributed by atoms with E-state index >= 15 is 0 Å². The number of hydrogen-bond acceptors (Lipinski definition) is 4. The summed E-state index contributed by atoms with van der Waals surface area (Å²) in [7, 11) is 0. The van der Waals surface area contributed by atoms with Crippen LogP contribution in [-0.2, 0) is 20.7 Å². The van der Waals surface area contributed by atoms with Gasteiger partial charge in [0.15, 0.2) is 0 Å². The summed E-state index contributed by atoms with van der Waals surface area (Å²) in [4.78, 5) is 36.7. The molecule has 1 unspecified atom stereocenters. The fraction of sp³-hybridized carbons (Fsp3) is 0.438. The van der Waals surface area contributed by atoms with Crippen LogP contribution >= 0.6 is 11.6 Å². The third kappa shape index (κ3) is 4.17. The molecule has 0 radical (unpaired) electrons. The highest BCUT2D eigenvalue weighted by molar-refractivity contribution is 6.30. The van der Waals surface area contributed by atoms with E-state index < -0.39 is 29.6 Å². The summed E-state index contributed by atoms with van der Waals surface area (Å²) in [6.45, 7) is 4.75. The third-order valence-electron chi connectivity index (χ3n) is 3.36. The van der Waals surface area contributed by atoms with Crippen LogP contribution in [0.25, 0.3) is 0 Å². The summed E-state index contributed by atoms with van der Waals surface area (Å²) >= 11 is 5.92. The van der Waals surface area contributed by atoms with Crippen LogP contribution in [0.2, 0.25) is 5.02 Å². The average Bonchev–Trinajstić information content (AvgIpc) is 2.81. The molecular weight excluding hydrogens is 336 g/mol. The van der Waals surface area contributed by atoms with Crippen molar-refractivity contribution in [3.05, 3.63) is 28.8 Å². The minimum atomic E-state index is -1.12. The fourth-order valence-corrected chi connectivity index (χ4v) is 2.67. The van der Waals surface area contributed by atoms with Crippen molar-refractivity contribution in [1.29, 1.82) is 0 Å². The minimum absolute atomic E-state index is 0.170. The van der Waals surface area contributed by atoms with Gasteiger partial charge in [0.1, 0.15) is 18.2 Å². The van der Waals surface area contributed by atoms with Gasteiger partial charge in [-0.25, -0.2) is 9.59 Å². The number of carbonyl (C=O) groups is 3. The molecule has 7 nitrogen and oxygen atoms in total. The van der Waals surface area contributed by atoms with Gasteiger partial charge in [-0.3, -0.25) is 9.69 Å². The Kier molecular flexibility index (Phi) is 5.03. The van der Waals surface area contributed by atoms with Crippen molar-refractivity contribution >= 4 is 35.3 Å². The number of anilines is 1. The van der Waals surface area contributed by atoms with E-state index in [-0.39, 0.29) is 13.0 Å². The highest BCUT2D eigenvalue weighted by atomic mass is 35.5. The maximum Gasteiger partial charge on any atom is 0.408 e. The van der Waals surface area contributed by atoms with E-state index in [1.807, 2.05) is 0 Å². The number of carbonyl (C=O) groups excluding carboxylic acids is 2. The van der Waals surface area contributed by atoms with Crippen LogP contribution in [0.15, 0.2) is 18.2 Å². The molecule has 1 aliphatic heterocycles. The third-order valence-corrected chi connectivity index (χ3v) is 3.60. The molecule has 1 aromatic rings. The van der Waals surface area contributed by atoms with Gasteiger partial charge in [0, 0.05) is 17.1 Å². The van der Waals surface area contributed by atoms with Crippen molar-refractivity contribution in [2.45, 2.75) is 38.8 Å². The van der Waals surface area contributed by atoms with Crippen LogP contribution < -0.4 is 10.2 Å². The fourth-order valence-electron chi connectivity index (χ4n) is 2.47. The largest absolute Gasteiger partial charge is 0.480 e. The van der Waals surface area contributed by atoms with Gasteiger partial charge in [-0.15, -0.1) is 0 Å². The Morgan fingerprint density at radius 1 is 1.38 bits per heavy atom. The molecule has 0 saturated carbocycles. The second-order valence-electron chi connectivity index (χ2n) is 6.45. The molecule has 130 valence electrons. The Labute approximate surface area is 144 Å². The summed E-state index contributed by atoms with van der Waals surface area (Å²) in [6.07, 6.45) is -0.568. The number of benzene rings is 1. The number of fused-ring (bicyclic) bond motifs is 1. The van der Waals surface area contributed by atoms with Crippen molar-refractivity contribution in [3.63, 3.8) is 0 Å². The van der Waals surface area contributed by atoms with Gasteiger partial charge < -0.3 is 15.2 Å². The molecule has 2 N–H and O–H groups in total. The highest BCUT2D eigenvalue weighted by Crippen LogP contribution is 2.34. The van der Waals surface area contributed by atoms with Gasteiger partial charge in [-0.05, 0) is 44.5 Å². The Morgan fingerprint density at radius 3 is 2.62 bits per heavy atom. The monoisotopic (exact) mass is 354 g/mol. The van der Waals surface area contributed by atoms with Crippen LogP contribution in [0, 0.1) is 0 Å². The normalized spacial score (nSPS) is 16.5. The SMILES string of the molecule is CC(C)(C)OC(=O)NCC(=O)N1c2ccc(Cl)cc2CC1C(=O)O. The maximum atomic E-state index is 12.4. The van der Waals surface area contributed by atoms with Crippen molar-refractivity contribution in [2.24, 2.45) is 0 Å². The van der Waals surface area contributed by atoms with Crippen LogP contribution in [-0.4, -0.2) is 41.3 Å². The van der Waals surface area contributed by atoms with Gasteiger partial charge >= 0.3 is 12.1 Å². The maximum absolute atomic E-state index is 12.4. The highest BCUT2D eigenvalue weighted by Gasteiger charge is 2.38. The summed E-state index contributed by atoms with van der Waals surface area (Å²) in [6, 6.07) is 3.81. The molecule has 0 aromatic heterocycles. The number of nitrogens with one attached hydrogen (secondary N) is 1. The number of halogens is 1. The zero-order valence-corrected chi connectivity index (χ0v) is 14.4. The first-order valence-corrected chi connectivity index (χ1v) is 7.76. The smallest absolute Gasteiger partial charge is 0.408 e. The van der Waals surface area contributed by atoms with Gasteiger partial charge in [0.25, 0.3) is 0 Å². The molecule has 0 saturated heterocycles. The minimum Gasteiger partial charge on any atom is -0.480 e. The van der Waals surface area contributed by atoms with E-state index in [2.05, 4.69) is 5.32 Å². The van der Waals surface area contributed by atoms with Crippen LogP contribution in [0.1, 0.15) is 26.3 Å². The first kappa shape index (κ1) is 18.1. The van der Waals surface area contributed by atoms with Crippen molar-refractivity contribution in [1.82, 2.24) is 5.32 Å². The molecule has 8 heteroatoms. The molecule has 0 fully saturated rings. The quantitative estimate of drug-likeness (QED) is 0.867. The van der Waals surface area contributed by atoms with Crippen molar-refractivity contribution in [3.8, 4) is 0 Å². The summed E-state index contributed by atoms with van der Waals surface area (Å²) < 4.78 is 5.06. The number of nitrogens with zero attached hydrogens (tertiary/aromatic N) is 1. The lowest BCUT2D eigenvalue weighted by Crippen LogP contribution is -2.47. The number of rotatable bonds is 3. The Balaban J connectivity index is 2.12. The molecule has 1 heterocycles. The molecule has 2 rings (SSSR count). The summed E-state index contributed by atoms with van der Waals surface area (Å²) in [5.41, 5.74) is 0.483. The second-order valence-corrected chi connectivity index (χ2v) is 6.89. The Hall–Kier alpha value is -2.28. The molecule has 0 bridgehead atoms. The van der Waals surface area contributed by atoms with E-state index in [4.69, 9.17) is 16.3 Å². The molecule has 2 amide bonds. The lowest BCUT2D eigenvalue weighted by molar-refractivity contribution is -0.139. The number of ether oxygens (including phenoxy) is 1. The van der Waals surface area contributed by atoms with E-state index in [0.717, 1.165) is 0 Å². The number of carboxylic acid groups (broad SMARTS) is 1. The summed E-state index contributed by atoms with van der Waals surface area (Å²) in [5, 5.41) is 12.2. The van der Waals surface area contributed by atoms with E-state index in [1.165, 1.54) is 4.90 Å². The van der Waals surface area contributed by atoms with Crippen molar-refractivity contribution in [2.75, 3.05) is 11.4 Å². The average molecular weight is 355 g/mol. The van der Waals surface area contributed by atoms with Gasteiger partial charge in [-0.1, -0.05) is 11.6 Å². The Morgan fingerprint density at radius 2 is 2.04 bits per heavy atom. The van der Waals surface area contributed by atoms with E-state index in [0.29, 0.717) is 16.3 Å². The lowest BCUT2D eigenvalue weighted by Gasteiger charge is -2.24. The molecule has 1 aromatic carbocycles. The van der Waals surface area contributed by atoms with Crippen LogP contribution in [0.4, 0.5) is 10.5 Å². The van der Waals surface area contributed by atoms with E-state index in [1.54, 1.807) is 39.0 Å². The van der Waals surface area contributed by atoms with Gasteiger partial charge in [0.05, 0.1) is 0 Å². The van der Waals surface area contributed by atoms with Crippen LogP contribution in [0.3, 0.4) is 0 Å². The molecular formula is C16H19ClN2O5.